The minimum absolute atomic E-state index is 0.0650. The first-order chi connectivity index (χ1) is 8.85. The van der Waals surface area contributed by atoms with Gasteiger partial charge in [0, 0.05) is 18.1 Å². The Morgan fingerprint density at radius 3 is 2.63 bits per heavy atom. The molecule has 106 valence electrons. The van der Waals surface area contributed by atoms with Gasteiger partial charge in [0.1, 0.15) is 11.9 Å². The molecule has 0 aliphatic carbocycles. The van der Waals surface area contributed by atoms with Gasteiger partial charge in [0.25, 0.3) is 0 Å². The summed E-state index contributed by atoms with van der Waals surface area (Å²) in [5.74, 6) is -1.02. The Morgan fingerprint density at radius 2 is 2.05 bits per heavy atom. The van der Waals surface area contributed by atoms with Gasteiger partial charge in [0.05, 0.1) is 13.2 Å². The molecule has 0 amide bonds. The highest BCUT2D eigenvalue weighted by Gasteiger charge is 2.23. The molecule has 1 aliphatic rings. The van der Waals surface area contributed by atoms with Gasteiger partial charge >= 0.3 is 0 Å². The Labute approximate surface area is 112 Å². The molecule has 0 radical (unpaired) electrons. The second-order valence-electron chi connectivity index (χ2n) is 6.22. The molecule has 1 heterocycles. The summed E-state index contributed by atoms with van der Waals surface area (Å²) < 4.78 is 38.2. The van der Waals surface area contributed by atoms with Crippen LogP contribution in [0.4, 0.5) is 8.78 Å². The molecule has 2 nitrogen and oxygen atoms in total. The van der Waals surface area contributed by atoms with Crippen LogP contribution < -0.4 is 4.74 Å². The molecule has 0 spiro atoms. The van der Waals surface area contributed by atoms with E-state index in [1.807, 2.05) is 20.8 Å². The fourth-order valence-electron chi connectivity index (χ4n) is 2.22. The Hall–Kier alpha value is -1.16. The minimum atomic E-state index is -0.633. The lowest BCUT2D eigenvalue weighted by Gasteiger charge is -2.22. The number of hydrogen-bond donors (Lipinski definition) is 0. The molecule has 1 fully saturated rings. The zero-order valence-corrected chi connectivity index (χ0v) is 11.6. The van der Waals surface area contributed by atoms with Crippen molar-refractivity contribution in [3.8, 4) is 5.75 Å². The molecule has 4 heteroatoms. The van der Waals surface area contributed by atoms with Gasteiger partial charge in [-0.05, 0) is 17.9 Å². The number of ether oxygens (including phenoxy) is 2. The van der Waals surface area contributed by atoms with Gasteiger partial charge in [-0.1, -0.05) is 20.8 Å². The molecule has 0 saturated carbocycles. The Balaban J connectivity index is 2.28. The van der Waals surface area contributed by atoms with Crippen molar-refractivity contribution in [3.05, 3.63) is 29.3 Å². The van der Waals surface area contributed by atoms with E-state index in [1.54, 1.807) is 0 Å². The SMILES string of the molecule is CC(C)(C)Cc1cc(F)cc(F)c1OC1CCOC1. The lowest BCUT2D eigenvalue weighted by Crippen LogP contribution is -2.19. The van der Waals surface area contributed by atoms with Crippen LogP contribution >= 0.6 is 0 Å². The first kappa shape index (κ1) is 14.3. The standard InChI is InChI=1S/C15H20F2O2/c1-15(2,3)8-10-6-11(16)7-13(17)14(10)19-12-4-5-18-9-12/h6-7,12H,4-5,8-9H2,1-3H3. The highest BCUT2D eigenvalue weighted by Crippen LogP contribution is 2.32. The van der Waals surface area contributed by atoms with E-state index < -0.39 is 11.6 Å². The molecule has 1 atom stereocenters. The van der Waals surface area contributed by atoms with E-state index in [4.69, 9.17) is 9.47 Å². The van der Waals surface area contributed by atoms with E-state index in [2.05, 4.69) is 0 Å². The summed E-state index contributed by atoms with van der Waals surface area (Å²) in [6.07, 6.45) is 1.16. The zero-order chi connectivity index (χ0) is 14.0. The van der Waals surface area contributed by atoms with Gasteiger partial charge in [-0.3, -0.25) is 0 Å². The molecule has 0 bridgehead atoms. The van der Waals surface area contributed by atoms with Crippen molar-refractivity contribution in [2.45, 2.75) is 39.7 Å². The van der Waals surface area contributed by atoms with Crippen LogP contribution in [0.15, 0.2) is 12.1 Å². The molecular formula is C15H20F2O2. The smallest absolute Gasteiger partial charge is 0.168 e. The monoisotopic (exact) mass is 270 g/mol. The minimum Gasteiger partial charge on any atom is -0.485 e. The first-order valence-electron chi connectivity index (χ1n) is 6.57. The van der Waals surface area contributed by atoms with Crippen LogP contribution in [0.3, 0.4) is 0 Å². The average Bonchev–Trinajstić information content (AvgIpc) is 2.73. The van der Waals surface area contributed by atoms with Crippen LogP contribution in [-0.2, 0) is 11.2 Å². The van der Waals surface area contributed by atoms with Gasteiger partial charge in [0.2, 0.25) is 0 Å². The maximum atomic E-state index is 13.9. The van der Waals surface area contributed by atoms with Crippen LogP contribution in [0.5, 0.6) is 5.75 Å². The van der Waals surface area contributed by atoms with Gasteiger partial charge in [-0.15, -0.1) is 0 Å². The maximum absolute atomic E-state index is 13.9. The van der Waals surface area contributed by atoms with Crippen molar-refractivity contribution in [3.63, 3.8) is 0 Å². The summed E-state index contributed by atoms with van der Waals surface area (Å²) >= 11 is 0. The topological polar surface area (TPSA) is 18.5 Å². The van der Waals surface area contributed by atoms with E-state index in [9.17, 15) is 8.78 Å². The summed E-state index contributed by atoms with van der Waals surface area (Å²) in [7, 11) is 0. The highest BCUT2D eigenvalue weighted by molar-refractivity contribution is 5.36. The Morgan fingerprint density at radius 1 is 1.32 bits per heavy atom. The third-order valence-electron chi connectivity index (χ3n) is 2.98. The Kier molecular flexibility index (Phi) is 4.09. The van der Waals surface area contributed by atoms with Crippen molar-refractivity contribution in [2.24, 2.45) is 5.41 Å². The van der Waals surface area contributed by atoms with Crippen LogP contribution in [0.2, 0.25) is 0 Å². The number of rotatable bonds is 3. The highest BCUT2D eigenvalue weighted by atomic mass is 19.1. The summed E-state index contributed by atoms with van der Waals surface area (Å²) in [5.41, 5.74) is 0.516. The largest absolute Gasteiger partial charge is 0.485 e. The third kappa shape index (κ3) is 3.90. The molecule has 19 heavy (non-hydrogen) atoms. The molecule has 1 aliphatic heterocycles. The van der Waals surface area contributed by atoms with Gasteiger partial charge < -0.3 is 9.47 Å². The van der Waals surface area contributed by atoms with Crippen LogP contribution in [0.25, 0.3) is 0 Å². The second kappa shape index (κ2) is 5.45. The molecule has 2 rings (SSSR count). The number of hydrogen-bond acceptors (Lipinski definition) is 2. The van der Waals surface area contributed by atoms with Crippen molar-refractivity contribution in [2.75, 3.05) is 13.2 Å². The van der Waals surface area contributed by atoms with Gasteiger partial charge in [0.15, 0.2) is 11.6 Å². The van der Waals surface area contributed by atoms with Crippen LogP contribution in [0.1, 0.15) is 32.8 Å². The van der Waals surface area contributed by atoms with Gasteiger partial charge in [-0.25, -0.2) is 8.78 Å². The molecule has 1 aromatic carbocycles. The maximum Gasteiger partial charge on any atom is 0.168 e. The lowest BCUT2D eigenvalue weighted by molar-refractivity contribution is 0.136. The predicted octanol–water partition coefficient (Wildman–Crippen LogP) is 3.72. The fourth-order valence-corrected chi connectivity index (χ4v) is 2.22. The normalized spacial score (nSPS) is 19.7. The summed E-state index contributed by atoms with van der Waals surface area (Å²) in [5, 5.41) is 0. The van der Waals surface area contributed by atoms with E-state index in [0.717, 1.165) is 12.5 Å². The van der Waals surface area contributed by atoms with Gasteiger partial charge in [-0.2, -0.15) is 0 Å². The second-order valence-corrected chi connectivity index (χ2v) is 6.22. The molecule has 0 aromatic heterocycles. The van der Waals surface area contributed by atoms with E-state index in [0.29, 0.717) is 25.2 Å². The molecule has 1 unspecified atom stereocenters. The lowest BCUT2D eigenvalue weighted by atomic mass is 9.87. The fraction of sp³-hybridized carbons (Fsp3) is 0.600. The van der Waals surface area contributed by atoms with Crippen molar-refractivity contribution < 1.29 is 18.3 Å². The van der Waals surface area contributed by atoms with Crippen molar-refractivity contribution >= 4 is 0 Å². The zero-order valence-electron chi connectivity index (χ0n) is 11.6. The quantitative estimate of drug-likeness (QED) is 0.833. The first-order valence-corrected chi connectivity index (χ1v) is 6.57. The summed E-state index contributed by atoms with van der Waals surface area (Å²) in [4.78, 5) is 0. The molecule has 1 saturated heterocycles. The molecule has 1 aromatic rings. The Bertz CT molecular complexity index is 446. The van der Waals surface area contributed by atoms with Crippen LogP contribution in [-0.4, -0.2) is 19.3 Å². The van der Waals surface area contributed by atoms with Crippen molar-refractivity contribution in [1.82, 2.24) is 0 Å². The number of halogens is 2. The number of benzene rings is 1. The van der Waals surface area contributed by atoms with E-state index >= 15 is 0 Å². The van der Waals surface area contributed by atoms with Crippen molar-refractivity contribution in [1.29, 1.82) is 0 Å². The molecule has 0 N–H and O–H groups in total. The average molecular weight is 270 g/mol. The molecular weight excluding hydrogens is 250 g/mol. The summed E-state index contributed by atoms with van der Waals surface area (Å²) in [6, 6.07) is 2.23. The summed E-state index contributed by atoms with van der Waals surface area (Å²) in [6.45, 7) is 7.17. The predicted molar refractivity (Wildman–Crippen MR) is 69.4 cm³/mol. The van der Waals surface area contributed by atoms with E-state index in [-0.39, 0.29) is 17.3 Å². The third-order valence-corrected chi connectivity index (χ3v) is 2.98. The van der Waals surface area contributed by atoms with Crippen LogP contribution in [0, 0.1) is 17.0 Å². The van der Waals surface area contributed by atoms with E-state index in [1.165, 1.54) is 6.07 Å².